The van der Waals surface area contributed by atoms with Crippen LogP contribution in [0.4, 0.5) is 10.5 Å². The van der Waals surface area contributed by atoms with Gasteiger partial charge in [0.15, 0.2) is 0 Å². The maximum Gasteiger partial charge on any atom is 0.412 e. The highest BCUT2D eigenvalue weighted by atomic mass is 16.6. The number of benzene rings is 1. The zero-order chi connectivity index (χ0) is 14.8. The van der Waals surface area contributed by atoms with Gasteiger partial charge in [0.1, 0.15) is 5.60 Å². The van der Waals surface area contributed by atoms with Gasteiger partial charge in [-0.15, -0.1) is 0 Å². The van der Waals surface area contributed by atoms with Crippen LogP contribution < -0.4 is 5.32 Å². The minimum Gasteiger partial charge on any atom is -0.478 e. The van der Waals surface area contributed by atoms with Crippen molar-refractivity contribution in [3.05, 3.63) is 28.8 Å². The Kier molecular flexibility index (Phi) is 4.19. The number of hydrogen-bond acceptors (Lipinski definition) is 3. The average molecular weight is 265 g/mol. The predicted octanol–water partition coefficient (Wildman–Crippen LogP) is 3.35. The third-order valence-electron chi connectivity index (χ3n) is 2.54. The number of aryl methyl sites for hydroxylation is 1. The molecule has 0 aliphatic heterocycles. The van der Waals surface area contributed by atoms with Gasteiger partial charge in [0.25, 0.3) is 0 Å². The molecule has 0 unspecified atom stereocenters. The highest BCUT2D eigenvalue weighted by molar-refractivity contribution is 5.93. The summed E-state index contributed by atoms with van der Waals surface area (Å²) in [4.78, 5) is 22.7. The molecule has 0 radical (unpaired) electrons. The Balaban J connectivity index is 2.97. The molecule has 5 nitrogen and oxygen atoms in total. The largest absolute Gasteiger partial charge is 0.478 e. The maximum absolute atomic E-state index is 11.6. The van der Waals surface area contributed by atoms with Crippen LogP contribution in [-0.2, 0) is 4.74 Å². The molecule has 0 aromatic heterocycles. The van der Waals surface area contributed by atoms with Crippen LogP contribution in [0, 0.1) is 13.8 Å². The van der Waals surface area contributed by atoms with Gasteiger partial charge < -0.3 is 9.84 Å². The van der Waals surface area contributed by atoms with Crippen molar-refractivity contribution >= 4 is 17.7 Å². The van der Waals surface area contributed by atoms with E-state index >= 15 is 0 Å². The SMILES string of the molecule is Cc1cc(NC(=O)OC(C)(C)C)cc(C(=O)O)c1C. The van der Waals surface area contributed by atoms with Crippen molar-refractivity contribution in [2.24, 2.45) is 0 Å². The Bertz CT molecular complexity index is 515. The summed E-state index contributed by atoms with van der Waals surface area (Å²) in [6, 6.07) is 3.14. The van der Waals surface area contributed by atoms with E-state index in [4.69, 9.17) is 9.84 Å². The van der Waals surface area contributed by atoms with Gasteiger partial charge in [0, 0.05) is 5.69 Å². The van der Waals surface area contributed by atoms with Crippen LogP contribution >= 0.6 is 0 Å². The second kappa shape index (κ2) is 5.30. The van der Waals surface area contributed by atoms with Crippen molar-refractivity contribution < 1.29 is 19.4 Å². The molecule has 0 spiro atoms. The summed E-state index contributed by atoms with van der Waals surface area (Å²) in [5.41, 5.74) is 1.47. The van der Waals surface area contributed by atoms with E-state index in [0.717, 1.165) is 5.56 Å². The smallest absolute Gasteiger partial charge is 0.412 e. The van der Waals surface area contributed by atoms with Gasteiger partial charge in [-0.1, -0.05) is 0 Å². The summed E-state index contributed by atoms with van der Waals surface area (Å²) in [5, 5.41) is 11.6. The normalized spacial score (nSPS) is 11.0. The molecule has 1 amide bonds. The van der Waals surface area contributed by atoms with E-state index < -0.39 is 17.7 Å². The first-order chi connectivity index (χ1) is 8.60. The van der Waals surface area contributed by atoms with Gasteiger partial charge in [0.05, 0.1) is 5.56 Å². The number of carboxylic acid groups (broad SMARTS) is 1. The first-order valence-electron chi connectivity index (χ1n) is 5.94. The Morgan fingerprint density at radius 2 is 1.79 bits per heavy atom. The minimum atomic E-state index is -1.02. The summed E-state index contributed by atoms with van der Waals surface area (Å²) in [6.45, 7) is 8.80. The maximum atomic E-state index is 11.6. The van der Waals surface area contributed by atoms with Gasteiger partial charge in [0.2, 0.25) is 0 Å². The molecule has 1 aromatic carbocycles. The summed E-state index contributed by atoms with van der Waals surface area (Å²) < 4.78 is 5.11. The number of aromatic carboxylic acids is 1. The number of nitrogens with one attached hydrogen (secondary N) is 1. The monoisotopic (exact) mass is 265 g/mol. The van der Waals surface area contributed by atoms with E-state index in [2.05, 4.69) is 5.32 Å². The molecule has 19 heavy (non-hydrogen) atoms. The summed E-state index contributed by atoms with van der Waals surface area (Å²) in [5.74, 6) is -1.02. The molecule has 1 aromatic rings. The van der Waals surface area contributed by atoms with Crippen molar-refractivity contribution in [2.75, 3.05) is 5.32 Å². The molecule has 0 bridgehead atoms. The summed E-state index contributed by atoms with van der Waals surface area (Å²) in [6.07, 6.45) is -0.605. The number of rotatable bonds is 2. The topological polar surface area (TPSA) is 75.6 Å². The lowest BCUT2D eigenvalue weighted by molar-refractivity contribution is 0.0632. The molecule has 0 saturated heterocycles. The molecule has 0 heterocycles. The quantitative estimate of drug-likeness (QED) is 0.859. The molecule has 1 rings (SSSR count). The van der Waals surface area contributed by atoms with Gasteiger partial charge in [-0.05, 0) is 57.9 Å². The molecule has 104 valence electrons. The number of anilines is 1. The third kappa shape index (κ3) is 4.28. The van der Waals surface area contributed by atoms with Gasteiger partial charge in [-0.3, -0.25) is 5.32 Å². The Labute approximate surface area is 112 Å². The zero-order valence-electron chi connectivity index (χ0n) is 11.8. The first kappa shape index (κ1) is 15.0. The van der Waals surface area contributed by atoms with E-state index in [1.165, 1.54) is 6.07 Å². The van der Waals surface area contributed by atoms with E-state index in [-0.39, 0.29) is 5.56 Å². The van der Waals surface area contributed by atoms with Crippen LogP contribution in [0.25, 0.3) is 0 Å². The molecule has 0 aliphatic rings. The number of hydrogen-bond donors (Lipinski definition) is 2. The highest BCUT2D eigenvalue weighted by Gasteiger charge is 2.17. The Hall–Kier alpha value is -2.04. The fourth-order valence-corrected chi connectivity index (χ4v) is 1.58. The van der Waals surface area contributed by atoms with E-state index in [1.807, 2.05) is 0 Å². The fraction of sp³-hybridized carbons (Fsp3) is 0.429. The lowest BCUT2D eigenvalue weighted by Crippen LogP contribution is -2.27. The third-order valence-corrected chi connectivity index (χ3v) is 2.54. The van der Waals surface area contributed by atoms with Crippen LogP contribution in [0.2, 0.25) is 0 Å². The highest BCUT2D eigenvalue weighted by Crippen LogP contribution is 2.20. The number of ether oxygens (including phenoxy) is 1. The van der Waals surface area contributed by atoms with Gasteiger partial charge in [-0.25, -0.2) is 9.59 Å². The van der Waals surface area contributed by atoms with Crippen LogP contribution in [0.5, 0.6) is 0 Å². The predicted molar refractivity (Wildman–Crippen MR) is 72.7 cm³/mol. The number of carboxylic acids is 1. The Morgan fingerprint density at radius 1 is 1.21 bits per heavy atom. The molecular weight excluding hydrogens is 246 g/mol. The summed E-state index contributed by atoms with van der Waals surface area (Å²) in [7, 11) is 0. The van der Waals surface area contributed by atoms with Crippen LogP contribution in [0.15, 0.2) is 12.1 Å². The first-order valence-corrected chi connectivity index (χ1v) is 5.94. The second-order valence-corrected chi connectivity index (χ2v) is 5.40. The van der Waals surface area contributed by atoms with Gasteiger partial charge >= 0.3 is 12.1 Å². The average Bonchev–Trinajstić information content (AvgIpc) is 2.19. The molecular formula is C14H19NO4. The van der Waals surface area contributed by atoms with E-state index in [9.17, 15) is 9.59 Å². The molecule has 2 N–H and O–H groups in total. The van der Waals surface area contributed by atoms with Crippen molar-refractivity contribution in [2.45, 2.75) is 40.2 Å². The number of carbonyl (C=O) groups excluding carboxylic acids is 1. The minimum absolute atomic E-state index is 0.172. The summed E-state index contributed by atoms with van der Waals surface area (Å²) >= 11 is 0. The lowest BCUT2D eigenvalue weighted by Gasteiger charge is -2.20. The molecule has 0 fully saturated rings. The molecule has 5 heteroatoms. The van der Waals surface area contributed by atoms with Crippen molar-refractivity contribution in [3.8, 4) is 0 Å². The van der Waals surface area contributed by atoms with E-state index in [1.54, 1.807) is 40.7 Å². The molecule has 0 saturated carbocycles. The van der Waals surface area contributed by atoms with Crippen molar-refractivity contribution in [1.82, 2.24) is 0 Å². The molecule has 0 atom stereocenters. The lowest BCUT2D eigenvalue weighted by atomic mass is 10.0. The van der Waals surface area contributed by atoms with Crippen LogP contribution in [0.3, 0.4) is 0 Å². The number of amides is 1. The van der Waals surface area contributed by atoms with Crippen LogP contribution in [-0.4, -0.2) is 22.8 Å². The Morgan fingerprint density at radius 3 is 2.26 bits per heavy atom. The molecule has 0 aliphatic carbocycles. The zero-order valence-corrected chi connectivity index (χ0v) is 11.8. The standard InChI is InChI=1S/C14H19NO4/c1-8-6-10(7-11(9(8)2)12(16)17)15-13(18)19-14(3,4)5/h6-7H,1-5H3,(H,15,18)(H,16,17). The van der Waals surface area contributed by atoms with Crippen molar-refractivity contribution in [1.29, 1.82) is 0 Å². The van der Waals surface area contributed by atoms with E-state index in [0.29, 0.717) is 11.3 Å². The van der Waals surface area contributed by atoms with Crippen LogP contribution in [0.1, 0.15) is 42.3 Å². The van der Waals surface area contributed by atoms with Gasteiger partial charge in [-0.2, -0.15) is 0 Å². The van der Waals surface area contributed by atoms with Crippen molar-refractivity contribution in [3.63, 3.8) is 0 Å². The fourth-order valence-electron chi connectivity index (χ4n) is 1.58. The number of carbonyl (C=O) groups is 2. The second-order valence-electron chi connectivity index (χ2n) is 5.40.